The van der Waals surface area contributed by atoms with Crippen LogP contribution in [0, 0.1) is 0 Å². The van der Waals surface area contributed by atoms with E-state index in [0.717, 1.165) is 38.0 Å². The molecule has 1 saturated heterocycles. The molecule has 0 unspecified atom stereocenters. The number of piperidine rings is 1. The van der Waals surface area contributed by atoms with E-state index in [1.54, 1.807) is 42.5 Å². The van der Waals surface area contributed by atoms with Gasteiger partial charge >= 0.3 is 0 Å². The minimum absolute atomic E-state index is 0.0476. The van der Waals surface area contributed by atoms with Gasteiger partial charge in [0.15, 0.2) is 12.4 Å². The SMILES string of the molecule is O=C(COc1ccc(C(=O)C=Cc2ccc(Cl)cc2)cc1)NC1CCN(Cc2ccccc2)CC1. The van der Waals surface area contributed by atoms with Crippen LogP contribution in [0.15, 0.2) is 84.9 Å². The van der Waals surface area contributed by atoms with Gasteiger partial charge in [-0.3, -0.25) is 14.5 Å². The van der Waals surface area contributed by atoms with Crippen LogP contribution in [-0.2, 0) is 11.3 Å². The van der Waals surface area contributed by atoms with Crippen molar-refractivity contribution in [2.45, 2.75) is 25.4 Å². The maximum atomic E-state index is 12.4. The number of carbonyl (C=O) groups is 2. The van der Waals surface area contributed by atoms with Crippen LogP contribution in [0.4, 0.5) is 0 Å². The number of rotatable bonds is 9. The average Bonchev–Trinajstić information content (AvgIpc) is 2.89. The van der Waals surface area contributed by atoms with Crippen molar-refractivity contribution >= 4 is 29.4 Å². The van der Waals surface area contributed by atoms with E-state index in [9.17, 15) is 9.59 Å². The average molecular weight is 489 g/mol. The van der Waals surface area contributed by atoms with Crippen molar-refractivity contribution in [2.75, 3.05) is 19.7 Å². The summed E-state index contributed by atoms with van der Waals surface area (Å²) in [5.41, 5.74) is 2.76. The highest BCUT2D eigenvalue weighted by Gasteiger charge is 2.20. The lowest BCUT2D eigenvalue weighted by Crippen LogP contribution is -2.45. The molecule has 180 valence electrons. The molecule has 1 heterocycles. The normalized spacial score (nSPS) is 14.7. The Morgan fingerprint density at radius 1 is 0.943 bits per heavy atom. The second-order valence-corrected chi connectivity index (χ2v) is 9.10. The highest BCUT2D eigenvalue weighted by Crippen LogP contribution is 2.16. The van der Waals surface area contributed by atoms with Crippen LogP contribution >= 0.6 is 11.6 Å². The molecule has 6 heteroatoms. The van der Waals surface area contributed by atoms with Crippen molar-refractivity contribution in [2.24, 2.45) is 0 Å². The van der Waals surface area contributed by atoms with Crippen LogP contribution in [0.25, 0.3) is 6.08 Å². The number of ketones is 1. The molecule has 0 radical (unpaired) electrons. The van der Waals surface area contributed by atoms with Crippen molar-refractivity contribution < 1.29 is 14.3 Å². The third kappa shape index (κ3) is 7.81. The van der Waals surface area contributed by atoms with Gasteiger partial charge < -0.3 is 10.1 Å². The van der Waals surface area contributed by atoms with Gasteiger partial charge in [-0.1, -0.05) is 60.1 Å². The molecular weight excluding hydrogens is 460 g/mol. The fraction of sp³-hybridized carbons (Fsp3) is 0.241. The molecule has 0 aromatic heterocycles. The molecule has 35 heavy (non-hydrogen) atoms. The number of carbonyl (C=O) groups excluding carboxylic acids is 2. The number of likely N-dealkylation sites (tertiary alicyclic amines) is 1. The van der Waals surface area contributed by atoms with E-state index in [-0.39, 0.29) is 24.3 Å². The van der Waals surface area contributed by atoms with Crippen LogP contribution in [0.3, 0.4) is 0 Å². The summed E-state index contributed by atoms with van der Waals surface area (Å²) in [5.74, 6) is 0.316. The summed E-state index contributed by atoms with van der Waals surface area (Å²) >= 11 is 5.88. The maximum absolute atomic E-state index is 12.4. The second-order valence-electron chi connectivity index (χ2n) is 8.67. The van der Waals surface area contributed by atoms with E-state index in [4.69, 9.17) is 16.3 Å². The molecule has 0 saturated carbocycles. The highest BCUT2D eigenvalue weighted by atomic mass is 35.5. The Morgan fingerprint density at radius 2 is 1.63 bits per heavy atom. The van der Waals surface area contributed by atoms with Crippen molar-refractivity contribution in [1.82, 2.24) is 10.2 Å². The summed E-state index contributed by atoms with van der Waals surface area (Å²) in [4.78, 5) is 27.2. The lowest BCUT2D eigenvalue weighted by Gasteiger charge is -2.32. The first-order chi connectivity index (χ1) is 17.0. The van der Waals surface area contributed by atoms with E-state index in [0.29, 0.717) is 16.3 Å². The number of amides is 1. The molecule has 0 spiro atoms. The lowest BCUT2D eigenvalue weighted by molar-refractivity contribution is -0.124. The van der Waals surface area contributed by atoms with Crippen molar-refractivity contribution in [3.63, 3.8) is 0 Å². The summed E-state index contributed by atoms with van der Waals surface area (Å²) in [7, 11) is 0. The van der Waals surface area contributed by atoms with Gasteiger partial charge in [0.25, 0.3) is 5.91 Å². The van der Waals surface area contributed by atoms with Gasteiger partial charge in [-0.25, -0.2) is 0 Å². The van der Waals surface area contributed by atoms with Gasteiger partial charge in [-0.05, 0) is 66.4 Å². The largest absolute Gasteiger partial charge is 0.484 e. The Balaban J connectivity index is 1.17. The fourth-order valence-electron chi connectivity index (χ4n) is 4.05. The number of nitrogens with one attached hydrogen (secondary N) is 1. The molecule has 5 nitrogen and oxygen atoms in total. The third-order valence-corrected chi connectivity index (χ3v) is 6.26. The molecule has 3 aromatic carbocycles. The van der Waals surface area contributed by atoms with E-state index in [2.05, 4.69) is 34.5 Å². The fourth-order valence-corrected chi connectivity index (χ4v) is 4.18. The van der Waals surface area contributed by atoms with Crippen LogP contribution in [-0.4, -0.2) is 42.3 Å². The zero-order valence-electron chi connectivity index (χ0n) is 19.5. The molecule has 1 fully saturated rings. The van der Waals surface area contributed by atoms with Crippen LogP contribution in [0.5, 0.6) is 5.75 Å². The number of nitrogens with zero attached hydrogens (tertiary/aromatic N) is 1. The van der Waals surface area contributed by atoms with E-state index in [1.807, 2.05) is 18.2 Å². The Labute approximate surface area is 211 Å². The molecule has 0 bridgehead atoms. The van der Waals surface area contributed by atoms with Crippen molar-refractivity contribution in [1.29, 1.82) is 0 Å². The van der Waals surface area contributed by atoms with Crippen LogP contribution in [0.2, 0.25) is 5.02 Å². The maximum Gasteiger partial charge on any atom is 0.258 e. The monoisotopic (exact) mass is 488 g/mol. The molecule has 1 aliphatic rings. The molecule has 1 aliphatic heterocycles. The third-order valence-electron chi connectivity index (χ3n) is 6.01. The van der Waals surface area contributed by atoms with Gasteiger partial charge in [-0.15, -0.1) is 0 Å². The Bertz CT molecular complexity index is 1140. The minimum Gasteiger partial charge on any atom is -0.484 e. The summed E-state index contributed by atoms with van der Waals surface area (Å²) in [6.45, 7) is 2.82. The van der Waals surface area contributed by atoms with Gasteiger partial charge in [-0.2, -0.15) is 0 Å². The first-order valence-electron chi connectivity index (χ1n) is 11.8. The molecular formula is C29H29ClN2O3. The predicted octanol–water partition coefficient (Wildman–Crippen LogP) is 5.40. The smallest absolute Gasteiger partial charge is 0.258 e. The van der Waals surface area contributed by atoms with Gasteiger partial charge in [0, 0.05) is 36.3 Å². The Kier molecular flexibility index (Phi) is 8.71. The number of halogens is 1. The van der Waals surface area contributed by atoms with Crippen molar-refractivity contribution in [3.8, 4) is 5.75 Å². The topological polar surface area (TPSA) is 58.6 Å². The van der Waals surface area contributed by atoms with Gasteiger partial charge in [0.05, 0.1) is 0 Å². The molecule has 4 rings (SSSR count). The summed E-state index contributed by atoms with van der Waals surface area (Å²) < 4.78 is 5.62. The van der Waals surface area contributed by atoms with E-state index >= 15 is 0 Å². The highest BCUT2D eigenvalue weighted by molar-refractivity contribution is 6.30. The summed E-state index contributed by atoms with van der Waals surface area (Å²) in [6, 6.07) is 24.7. The lowest BCUT2D eigenvalue weighted by atomic mass is 10.0. The van der Waals surface area contributed by atoms with Crippen LogP contribution < -0.4 is 10.1 Å². The number of hydrogen-bond acceptors (Lipinski definition) is 4. The zero-order chi connectivity index (χ0) is 24.5. The van der Waals surface area contributed by atoms with E-state index in [1.165, 1.54) is 11.6 Å². The summed E-state index contributed by atoms with van der Waals surface area (Å²) in [6.07, 6.45) is 5.13. The van der Waals surface area contributed by atoms with Crippen LogP contribution in [0.1, 0.15) is 34.3 Å². The first-order valence-corrected chi connectivity index (χ1v) is 12.2. The van der Waals surface area contributed by atoms with Gasteiger partial charge in [0.2, 0.25) is 0 Å². The predicted molar refractivity (Wildman–Crippen MR) is 140 cm³/mol. The molecule has 1 N–H and O–H groups in total. The second kappa shape index (κ2) is 12.3. The van der Waals surface area contributed by atoms with Crippen molar-refractivity contribution in [3.05, 3.63) is 107 Å². The quantitative estimate of drug-likeness (QED) is 0.324. The standard InChI is InChI=1S/C29H29ClN2O3/c30-25-11-6-22(7-12-25)8-15-28(33)24-9-13-27(14-10-24)35-21-29(34)31-26-16-18-32(19-17-26)20-23-4-2-1-3-5-23/h1-15,26H,16-21H2,(H,31,34). The number of ether oxygens (including phenoxy) is 1. The number of hydrogen-bond donors (Lipinski definition) is 1. The number of allylic oxidation sites excluding steroid dienone is 1. The molecule has 0 aliphatic carbocycles. The first kappa shape index (κ1) is 24.7. The molecule has 0 atom stereocenters. The minimum atomic E-state index is -0.127. The molecule has 3 aromatic rings. The van der Waals surface area contributed by atoms with E-state index < -0.39 is 0 Å². The Hall–Kier alpha value is -3.41. The molecule has 1 amide bonds. The Morgan fingerprint density at radius 3 is 2.31 bits per heavy atom. The summed E-state index contributed by atoms with van der Waals surface area (Å²) in [5, 5.41) is 3.73. The number of benzene rings is 3. The zero-order valence-corrected chi connectivity index (χ0v) is 20.3. The van der Waals surface area contributed by atoms with Gasteiger partial charge in [0.1, 0.15) is 5.75 Å².